The van der Waals surface area contributed by atoms with Crippen molar-refractivity contribution >= 4 is 16.7 Å². The molecule has 146 valence electrons. The van der Waals surface area contributed by atoms with E-state index in [-0.39, 0.29) is 23.8 Å². The first kappa shape index (κ1) is 18.6. The maximum Gasteiger partial charge on any atom is 0.287 e. The highest BCUT2D eigenvalue weighted by molar-refractivity contribution is 5.91. The Morgan fingerprint density at radius 2 is 1.86 bits per heavy atom. The van der Waals surface area contributed by atoms with E-state index in [4.69, 9.17) is 9.15 Å². The van der Waals surface area contributed by atoms with Gasteiger partial charge >= 0.3 is 0 Å². The molecule has 4 aromatic rings. The van der Waals surface area contributed by atoms with Gasteiger partial charge in [0.15, 0.2) is 5.76 Å². The molecule has 0 saturated heterocycles. The molecular formula is C23H20N2O4. The van der Waals surface area contributed by atoms with E-state index in [1.165, 1.54) is 10.6 Å². The van der Waals surface area contributed by atoms with Gasteiger partial charge in [-0.25, -0.2) is 0 Å². The Morgan fingerprint density at radius 3 is 2.69 bits per heavy atom. The Bertz CT molecular complexity index is 1220. The zero-order chi connectivity index (χ0) is 20.2. The summed E-state index contributed by atoms with van der Waals surface area (Å²) in [6, 6.07) is 20.1. The Balaban J connectivity index is 1.41. The van der Waals surface area contributed by atoms with Crippen molar-refractivity contribution in [1.82, 2.24) is 9.88 Å². The van der Waals surface area contributed by atoms with E-state index in [0.717, 1.165) is 22.1 Å². The molecule has 0 bridgehead atoms. The normalized spacial score (nSPS) is 10.8. The van der Waals surface area contributed by atoms with Crippen LogP contribution in [0, 0.1) is 0 Å². The van der Waals surface area contributed by atoms with Crippen molar-refractivity contribution in [3.63, 3.8) is 0 Å². The van der Waals surface area contributed by atoms with Crippen molar-refractivity contribution in [3.05, 3.63) is 100 Å². The standard InChI is InChI=1S/C23H20N2O4/c1-28-19-8-7-17-12-16(5-6-18(17)13-19)14-24-23(27)21-10-9-20(29-21)15-25-11-3-2-4-22(25)26/h2-13H,14-15H2,1H3,(H,24,27). The summed E-state index contributed by atoms with van der Waals surface area (Å²) in [6.45, 7) is 0.663. The Hall–Kier alpha value is -3.80. The second-order valence-electron chi connectivity index (χ2n) is 6.66. The highest BCUT2D eigenvalue weighted by Gasteiger charge is 2.12. The van der Waals surface area contributed by atoms with Crippen LogP contribution >= 0.6 is 0 Å². The first-order chi connectivity index (χ1) is 14.1. The Kier molecular flexibility index (Phi) is 5.16. The fourth-order valence-corrected chi connectivity index (χ4v) is 3.12. The summed E-state index contributed by atoms with van der Waals surface area (Å²) in [4.78, 5) is 24.2. The highest BCUT2D eigenvalue weighted by atomic mass is 16.5. The second kappa shape index (κ2) is 8.06. The summed E-state index contributed by atoms with van der Waals surface area (Å²) in [5.74, 6) is 1.27. The SMILES string of the molecule is COc1ccc2cc(CNC(=O)c3ccc(Cn4ccccc4=O)o3)ccc2c1. The average molecular weight is 388 g/mol. The lowest BCUT2D eigenvalue weighted by atomic mass is 10.1. The van der Waals surface area contributed by atoms with Gasteiger partial charge in [0.05, 0.1) is 13.7 Å². The highest BCUT2D eigenvalue weighted by Crippen LogP contribution is 2.22. The van der Waals surface area contributed by atoms with Gasteiger partial charge in [-0.15, -0.1) is 0 Å². The van der Waals surface area contributed by atoms with Gasteiger partial charge in [0.2, 0.25) is 0 Å². The van der Waals surface area contributed by atoms with Gasteiger partial charge in [-0.1, -0.05) is 24.3 Å². The molecule has 29 heavy (non-hydrogen) atoms. The van der Waals surface area contributed by atoms with Crippen molar-refractivity contribution in [2.45, 2.75) is 13.1 Å². The lowest BCUT2D eigenvalue weighted by Gasteiger charge is -2.07. The maximum absolute atomic E-state index is 12.4. The molecule has 2 aromatic heterocycles. The van der Waals surface area contributed by atoms with E-state index < -0.39 is 0 Å². The fourth-order valence-electron chi connectivity index (χ4n) is 3.12. The van der Waals surface area contributed by atoms with Gasteiger partial charge in [0, 0.05) is 18.8 Å². The number of hydrogen-bond acceptors (Lipinski definition) is 4. The summed E-state index contributed by atoms with van der Waals surface area (Å²) < 4.78 is 12.4. The molecular weight excluding hydrogens is 368 g/mol. The third-order valence-corrected chi connectivity index (χ3v) is 4.68. The minimum absolute atomic E-state index is 0.121. The summed E-state index contributed by atoms with van der Waals surface area (Å²) in [5, 5.41) is 5.02. The number of amides is 1. The topological polar surface area (TPSA) is 73.5 Å². The number of nitrogens with zero attached hydrogens (tertiary/aromatic N) is 1. The van der Waals surface area contributed by atoms with E-state index in [9.17, 15) is 9.59 Å². The van der Waals surface area contributed by atoms with Crippen LogP contribution in [0.25, 0.3) is 10.8 Å². The van der Waals surface area contributed by atoms with Gasteiger partial charge in [-0.2, -0.15) is 0 Å². The molecule has 6 heteroatoms. The van der Waals surface area contributed by atoms with Crippen molar-refractivity contribution < 1.29 is 13.9 Å². The maximum atomic E-state index is 12.4. The number of furan rings is 1. The number of nitrogens with one attached hydrogen (secondary N) is 1. The van der Waals surface area contributed by atoms with Crippen LogP contribution in [-0.4, -0.2) is 17.6 Å². The minimum Gasteiger partial charge on any atom is -0.497 e. The first-order valence-electron chi connectivity index (χ1n) is 9.21. The number of methoxy groups -OCH3 is 1. The molecule has 0 aliphatic carbocycles. The van der Waals surface area contributed by atoms with Crippen molar-refractivity contribution in [3.8, 4) is 5.75 Å². The van der Waals surface area contributed by atoms with E-state index in [1.807, 2.05) is 36.4 Å². The van der Waals surface area contributed by atoms with Crippen LogP contribution in [0.15, 0.2) is 82.1 Å². The zero-order valence-corrected chi connectivity index (χ0v) is 15.9. The number of hydrogen-bond donors (Lipinski definition) is 1. The predicted octanol–water partition coefficient (Wildman–Crippen LogP) is 3.58. The lowest BCUT2D eigenvalue weighted by Crippen LogP contribution is -2.22. The molecule has 0 spiro atoms. The molecule has 0 aliphatic rings. The minimum atomic E-state index is -0.300. The van der Waals surface area contributed by atoms with Gasteiger partial charge in [-0.05, 0) is 52.7 Å². The van der Waals surface area contributed by atoms with Crippen LogP contribution in [0.4, 0.5) is 0 Å². The van der Waals surface area contributed by atoms with Crippen molar-refractivity contribution in [2.75, 3.05) is 7.11 Å². The molecule has 6 nitrogen and oxygen atoms in total. The van der Waals surface area contributed by atoms with E-state index in [2.05, 4.69) is 5.32 Å². The van der Waals surface area contributed by atoms with Crippen LogP contribution in [-0.2, 0) is 13.1 Å². The van der Waals surface area contributed by atoms with E-state index in [1.54, 1.807) is 37.6 Å². The van der Waals surface area contributed by atoms with Gasteiger partial charge in [0.25, 0.3) is 11.5 Å². The molecule has 0 saturated carbocycles. The fraction of sp³-hybridized carbons (Fsp3) is 0.130. The van der Waals surface area contributed by atoms with Crippen LogP contribution in [0.3, 0.4) is 0 Å². The third-order valence-electron chi connectivity index (χ3n) is 4.68. The number of pyridine rings is 1. The number of aromatic nitrogens is 1. The molecule has 0 radical (unpaired) electrons. The molecule has 0 fully saturated rings. The zero-order valence-electron chi connectivity index (χ0n) is 15.9. The molecule has 1 N–H and O–H groups in total. The monoisotopic (exact) mass is 388 g/mol. The number of carbonyl (C=O) groups excluding carboxylic acids is 1. The summed E-state index contributed by atoms with van der Waals surface area (Å²) in [5.41, 5.74) is 0.863. The molecule has 2 aromatic carbocycles. The average Bonchev–Trinajstić information content (AvgIpc) is 3.22. The van der Waals surface area contributed by atoms with Crippen LogP contribution in [0.1, 0.15) is 21.9 Å². The molecule has 2 heterocycles. The number of ether oxygens (including phenoxy) is 1. The van der Waals surface area contributed by atoms with Gasteiger partial charge < -0.3 is 19.0 Å². The molecule has 0 aliphatic heterocycles. The van der Waals surface area contributed by atoms with E-state index in [0.29, 0.717) is 12.3 Å². The summed E-state index contributed by atoms with van der Waals surface area (Å²) in [7, 11) is 1.64. The van der Waals surface area contributed by atoms with Crippen LogP contribution in [0.5, 0.6) is 5.75 Å². The largest absolute Gasteiger partial charge is 0.497 e. The lowest BCUT2D eigenvalue weighted by molar-refractivity contribution is 0.0921. The summed E-state index contributed by atoms with van der Waals surface area (Å²) >= 11 is 0. The van der Waals surface area contributed by atoms with E-state index >= 15 is 0 Å². The Labute approximate surface area is 167 Å². The number of rotatable bonds is 6. The first-order valence-corrected chi connectivity index (χ1v) is 9.21. The molecule has 0 atom stereocenters. The predicted molar refractivity (Wildman–Crippen MR) is 110 cm³/mol. The van der Waals surface area contributed by atoms with Gasteiger partial charge in [-0.3, -0.25) is 9.59 Å². The number of fused-ring (bicyclic) bond motifs is 1. The second-order valence-corrected chi connectivity index (χ2v) is 6.66. The van der Waals surface area contributed by atoms with Crippen molar-refractivity contribution in [1.29, 1.82) is 0 Å². The van der Waals surface area contributed by atoms with Crippen LogP contribution in [0.2, 0.25) is 0 Å². The van der Waals surface area contributed by atoms with Crippen LogP contribution < -0.4 is 15.6 Å². The smallest absolute Gasteiger partial charge is 0.287 e. The van der Waals surface area contributed by atoms with Crippen molar-refractivity contribution in [2.24, 2.45) is 0 Å². The molecule has 4 rings (SSSR count). The number of carbonyl (C=O) groups is 1. The third kappa shape index (κ3) is 4.21. The molecule has 0 unspecified atom stereocenters. The quantitative estimate of drug-likeness (QED) is 0.548. The summed E-state index contributed by atoms with van der Waals surface area (Å²) in [6.07, 6.45) is 1.68. The number of benzene rings is 2. The van der Waals surface area contributed by atoms with Gasteiger partial charge in [0.1, 0.15) is 11.5 Å². The molecule has 1 amide bonds. The Morgan fingerprint density at radius 1 is 1.03 bits per heavy atom.